The van der Waals surface area contributed by atoms with Crippen molar-refractivity contribution in [2.75, 3.05) is 51.5 Å². The maximum absolute atomic E-state index is 17.4. The van der Waals surface area contributed by atoms with Crippen LogP contribution in [0.4, 0.5) is 14.6 Å². The van der Waals surface area contributed by atoms with Gasteiger partial charge in [0.2, 0.25) is 5.91 Å². The van der Waals surface area contributed by atoms with E-state index < -0.39 is 35.5 Å². The highest BCUT2D eigenvalue weighted by atomic mass is 19.1. The molecule has 2 aromatic heterocycles. The second-order valence-electron chi connectivity index (χ2n) is 15.4. The monoisotopic (exact) mass is 683 g/mol. The molecule has 49 heavy (non-hydrogen) atoms. The predicted octanol–water partition coefficient (Wildman–Crippen LogP) is 3.92. The van der Waals surface area contributed by atoms with Crippen molar-refractivity contribution in [3.05, 3.63) is 23.8 Å². The Morgan fingerprint density at radius 3 is 2.20 bits per heavy atom. The van der Waals surface area contributed by atoms with Gasteiger partial charge in [0.1, 0.15) is 11.7 Å². The van der Waals surface area contributed by atoms with Crippen molar-refractivity contribution in [1.29, 1.82) is 0 Å². The van der Waals surface area contributed by atoms with Crippen molar-refractivity contribution in [1.82, 2.24) is 39.9 Å². The third-order valence-corrected chi connectivity index (χ3v) is 12.4. The van der Waals surface area contributed by atoms with Crippen LogP contribution in [0.25, 0.3) is 5.65 Å². The average Bonchev–Trinajstić information content (AvgIpc) is 3.77. The Labute approximate surface area is 288 Å². The molecule has 2 amide bonds. The van der Waals surface area contributed by atoms with E-state index in [1.54, 1.807) is 0 Å². The molecule has 6 heterocycles. The Bertz CT molecular complexity index is 1440. The van der Waals surface area contributed by atoms with E-state index >= 15 is 4.39 Å². The SMILES string of the molecule is Nc1nn2cc(F)cnc2c1C(=O)NC1CNC2(CCCCCCCCC2)C(F)C1N1CCC(C(=O)N2CCC(N3CCCC3)CC2)CC1. The number of nitrogens with zero attached hydrogens (tertiary/aromatic N) is 6. The summed E-state index contributed by atoms with van der Waals surface area (Å²) in [5, 5.41) is 10.8. The van der Waals surface area contributed by atoms with Crippen LogP contribution < -0.4 is 16.4 Å². The molecule has 5 fully saturated rings. The molecule has 4 aliphatic heterocycles. The quantitative estimate of drug-likeness (QED) is 0.434. The number of anilines is 1. The molecule has 4 N–H and O–H groups in total. The number of hydrogen-bond donors (Lipinski definition) is 3. The van der Waals surface area contributed by atoms with Gasteiger partial charge in [0, 0.05) is 31.6 Å². The molecule has 4 saturated heterocycles. The zero-order chi connectivity index (χ0) is 34.0. The molecule has 3 atom stereocenters. The van der Waals surface area contributed by atoms with E-state index in [1.807, 2.05) is 0 Å². The van der Waals surface area contributed by atoms with Crippen LogP contribution in [0.3, 0.4) is 0 Å². The molecule has 3 unspecified atom stereocenters. The fraction of sp³-hybridized carbons (Fsp3) is 0.778. The van der Waals surface area contributed by atoms with Crippen molar-refractivity contribution in [2.45, 2.75) is 126 Å². The fourth-order valence-electron chi connectivity index (χ4n) is 9.63. The first kappa shape index (κ1) is 34.5. The first-order valence-corrected chi connectivity index (χ1v) is 19.1. The van der Waals surface area contributed by atoms with E-state index in [0.29, 0.717) is 38.5 Å². The summed E-state index contributed by atoms with van der Waals surface area (Å²) in [7, 11) is 0. The minimum atomic E-state index is -1.21. The number of nitrogen functional groups attached to an aromatic ring is 1. The molecule has 1 aliphatic carbocycles. The van der Waals surface area contributed by atoms with E-state index in [9.17, 15) is 14.0 Å². The van der Waals surface area contributed by atoms with E-state index in [1.165, 1.54) is 49.7 Å². The van der Waals surface area contributed by atoms with Crippen molar-refractivity contribution >= 4 is 23.3 Å². The number of piperidine rings is 3. The van der Waals surface area contributed by atoms with Crippen molar-refractivity contribution in [2.24, 2.45) is 5.92 Å². The van der Waals surface area contributed by atoms with Gasteiger partial charge >= 0.3 is 0 Å². The Morgan fingerprint density at radius 2 is 1.53 bits per heavy atom. The molecular weight excluding hydrogens is 628 g/mol. The highest BCUT2D eigenvalue weighted by molar-refractivity contribution is 6.04. The maximum Gasteiger partial charge on any atom is 0.259 e. The number of amides is 2. The first-order chi connectivity index (χ1) is 23.8. The third-order valence-electron chi connectivity index (χ3n) is 12.4. The van der Waals surface area contributed by atoms with Crippen LogP contribution in [0, 0.1) is 11.7 Å². The number of fused-ring (bicyclic) bond motifs is 1. The lowest BCUT2D eigenvalue weighted by molar-refractivity contribution is -0.139. The minimum absolute atomic E-state index is 0.0553. The third kappa shape index (κ3) is 7.30. The summed E-state index contributed by atoms with van der Waals surface area (Å²) < 4.78 is 32.4. The lowest BCUT2D eigenvalue weighted by Crippen LogP contribution is -2.73. The average molecular weight is 684 g/mol. The van der Waals surface area contributed by atoms with Crippen molar-refractivity contribution in [3.8, 4) is 0 Å². The molecule has 13 heteroatoms. The van der Waals surface area contributed by atoms with Gasteiger partial charge in [-0.05, 0) is 77.5 Å². The molecule has 1 saturated carbocycles. The Hall–Kier alpha value is -2.90. The number of aromatic nitrogens is 3. The number of halogens is 2. The Balaban J connectivity index is 1.06. The number of hydrogen-bond acceptors (Lipinski definition) is 8. The molecule has 11 nitrogen and oxygen atoms in total. The van der Waals surface area contributed by atoms with Gasteiger partial charge in [-0.1, -0.05) is 44.9 Å². The van der Waals surface area contributed by atoms with Crippen LogP contribution in [0.1, 0.15) is 107 Å². The summed E-state index contributed by atoms with van der Waals surface area (Å²) in [6.45, 7) is 5.66. The Morgan fingerprint density at radius 1 is 0.878 bits per heavy atom. The van der Waals surface area contributed by atoms with Gasteiger partial charge in [-0.25, -0.2) is 18.3 Å². The molecule has 0 bridgehead atoms. The number of alkyl halides is 1. The molecule has 0 aromatic carbocycles. The fourth-order valence-corrected chi connectivity index (χ4v) is 9.63. The van der Waals surface area contributed by atoms with Crippen LogP contribution in [-0.4, -0.2) is 117 Å². The summed E-state index contributed by atoms with van der Waals surface area (Å²) in [6, 6.07) is -0.506. The van der Waals surface area contributed by atoms with Gasteiger partial charge in [0.25, 0.3) is 5.91 Å². The van der Waals surface area contributed by atoms with Crippen molar-refractivity contribution in [3.63, 3.8) is 0 Å². The zero-order valence-corrected chi connectivity index (χ0v) is 28.9. The van der Waals surface area contributed by atoms with Crippen LogP contribution in [0.5, 0.6) is 0 Å². The van der Waals surface area contributed by atoms with E-state index in [4.69, 9.17) is 5.73 Å². The minimum Gasteiger partial charge on any atom is -0.381 e. The number of nitrogens with one attached hydrogen (secondary N) is 2. The van der Waals surface area contributed by atoms with Gasteiger partial charge in [0.05, 0.1) is 30.0 Å². The summed E-state index contributed by atoms with van der Waals surface area (Å²) in [4.78, 5) is 38.5. The van der Waals surface area contributed by atoms with Crippen LogP contribution in [-0.2, 0) is 4.79 Å². The molecule has 5 aliphatic rings. The maximum atomic E-state index is 17.4. The van der Waals surface area contributed by atoms with Crippen LogP contribution in [0.2, 0.25) is 0 Å². The highest BCUT2D eigenvalue weighted by Crippen LogP contribution is 2.38. The van der Waals surface area contributed by atoms with Crippen LogP contribution in [0.15, 0.2) is 12.4 Å². The van der Waals surface area contributed by atoms with Gasteiger partial charge in [-0.2, -0.15) is 0 Å². The van der Waals surface area contributed by atoms with Crippen molar-refractivity contribution < 1.29 is 18.4 Å². The Kier molecular flexibility index (Phi) is 10.7. The number of carbonyl (C=O) groups excluding carboxylic acids is 2. The first-order valence-electron chi connectivity index (χ1n) is 19.1. The number of rotatable bonds is 5. The molecule has 2 aromatic rings. The standard InChI is InChI=1S/C36H55F2N9O2/c37-26-22-40-33-29(32(39)43-47(33)24-26)34(48)42-28-23-41-36(14-6-4-2-1-3-5-7-15-36)31(38)30(28)45-18-10-25(11-19-45)35(49)46-20-12-27(13-21-46)44-16-8-9-17-44/h22,24-25,27-28,30-31,41H,1-21,23H2,(H2,39,43)(H,42,48). The predicted molar refractivity (Wildman–Crippen MR) is 184 cm³/mol. The number of carbonyl (C=O) groups is 2. The molecule has 7 rings (SSSR count). The highest BCUT2D eigenvalue weighted by Gasteiger charge is 2.52. The normalized spacial score (nSPS) is 28.6. The molecule has 0 radical (unpaired) electrons. The van der Waals surface area contributed by atoms with Gasteiger partial charge in [-0.15, -0.1) is 5.10 Å². The summed E-state index contributed by atoms with van der Waals surface area (Å²) in [6.07, 6.45) is 16.3. The largest absolute Gasteiger partial charge is 0.381 e. The molecule has 1 spiro atoms. The lowest BCUT2D eigenvalue weighted by atomic mass is 9.73. The second-order valence-corrected chi connectivity index (χ2v) is 15.4. The topological polar surface area (TPSA) is 124 Å². The zero-order valence-electron chi connectivity index (χ0n) is 28.9. The van der Waals surface area contributed by atoms with Crippen LogP contribution >= 0.6 is 0 Å². The molecular formula is C36H55F2N9O2. The summed E-state index contributed by atoms with van der Waals surface area (Å²) in [5.41, 5.74) is 5.70. The number of nitrogens with two attached hydrogens (primary N) is 1. The van der Waals surface area contributed by atoms with Gasteiger partial charge < -0.3 is 26.2 Å². The van der Waals surface area contributed by atoms with Gasteiger partial charge in [-0.3, -0.25) is 14.5 Å². The van der Waals surface area contributed by atoms with E-state index in [0.717, 1.165) is 76.8 Å². The summed E-state index contributed by atoms with van der Waals surface area (Å²) in [5.74, 6) is -0.953. The van der Waals surface area contributed by atoms with Gasteiger partial charge in [0.15, 0.2) is 17.3 Å². The second kappa shape index (κ2) is 15.1. The summed E-state index contributed by atoms with van der Waals surface area (Å²) >= 11 is 0. The van der Waals surface area contributed by atoms with E-state index in [2.05, 4.69) is 35.4 Å². The molecule has 270 valence electrons. The van der Waals surface area contributed by atoms with E-state index in [-0.39, 0.29) is 28.9 Å². The smallest absolute Gasteiger partial charge is 0.259 e. The number of likely N-dealkylation sites (tertiary alicyclic amines) is 3. The lowest BCUT2D eigenvalue weighted by Gasteiger charge is -2.53.